The van der Waals surface area contributed by atoms with Crippen LogP contribution in [-0.4, -0.2) is 61.1 Å². The number of halogens is 1. The molecule has 5 heteroatoms. The molecule has 1 saturated heterocycles. The molecule has 1 fully saturated rings. The van der Waals surface area contributed by atoms with Gasteiger partial charge in [0, 0.05) is 37.6 Å². The molecule has 1 aliphatic heterocycles. The molecule has 1 aromatic carbocycles. The summed E-state index contributed by atoms with van der Waals surface area (Å²) in [4.78, 5) is 9.34. The van der Waals surface area contributed by atoms with Crippen LogP contribution >= 0.6 is 0 Å². The molecule has 0 aliphatic carbocycles. The zero-order chi connectivity index (χ0) is 15.7. The number of fused-ring (bicyclic) bond motifs is 1. The number of nitrogens with one attached hydrogen (secondary N) is 1. The molecule has 0 saturated carbocycles. The van der Waals surface area contributed by atoms with Gasteiger partial charge in [-0.15, -0.1) is 0 Å². The second-order valence-corrected chi connectivity index (χ2v) is 6.26. The van der Waals surface area contributed by atoms with E-state index in [0.717, 1.165) is 48.5 Å². The summed E-state index contributed by atoms with van der Waals surface area (Å²) in [6.45, 7) is 6.12. The molecule has 22 heavy (non-hydrogen) atoms. The average Bonchev–Trinajstić information content (AvgIpc) is 2.49. The highest BCUT2D eigenvalue weighted by Crippen LogP contribution is 2.21. The van der Waals surface area contributed by atoms with Crippen LogP contribution in [0.3, 0.4) is 0 Å². The van der Waals surface area contributed by atoms with Crippen LogP contribution < -0.4 is 5.32 Å². The molecule has 3 rings (SSSR count). The van der Waals surface area contributed by atoms with Gasteiger partial charge >= 0.3 is 0 Å². The van der Waals surface area contributed by atoms with Gasteiger partial charge in [-0.2, -0.15) is 0 Å². The maximum atomic E-state index is 13.3. The van der Waals surface area contributed by atoms with E-state index in [0.29, 0.717) is 6.04 Å². The van der Waals surface area contributed by atoms with Gasteiger partial charge in [0.25, 0.3) is 0 Å². The number of hydrogen-bond donors (Lipinski definition) is 1. The highest BCUT2D eigenvalue weighted by molar-refractivity contribution is 5.83. The molecule has 1 atom stereocenters. The third-order valence-corrected chi connectivity index (χ3v) is 4.48. The van der Waals surface area contributed by atoms with Gasteiger partial charge in [-0.3, -0.25) is 4.90 Å². The Morgan fingerprint density at radius 1 is 1.27 bits per heavy atom. The van der Waals surface area contributed by atoms with E-state index in [1.54, 1.807) is 12.1 Å². The van der Waals surface area contributed by atoms with Gasteiger partial charge in [-0.1, -0.05) is 0 Å². The Bertz CT molecular complexity index is 673. The third kappa shape index (κ3) is 3.20. The lowest BCUT2D eigenvalue weighted by Gasteiger charge is -2.37. The topological polar surface area (TPSA) is 31.4 Å². The van der Waals surface area contributed by atoms with Crippen molar-refractivity contribution in [2.75, 3.05) is 45.6 Å². The quantitative estimate of drug-likeness (QED) is 0.943. The van der Waals surface area contributed by atoms with Crippen molar-refractivity contribution in [3.8, 4) is 0 Å². The standard InChI is InChI=1S/C17H23FN4/c1-12-8-17(20-16-5-4-13(18)9-15(12)16)19-10-14-11-21(2)6-7-22(14)3/h4-5,8-9,14H,6-7,10-11H2,1-3H3,(H,19,20). The minimum Gasteiger partial charge on any atom is -0.368 e. The van der Waals surface area contributed by atoms with E-state index in [-0.39, 0.29) is 5.82 Å². The maximum Gasteiger partial charge on any atom is 0.126 e. The van der Waals surface area contributed by atoms with Crippen LogP contribution in [-0.2, 0) is 0 Å². The summed E-state index contributed by atoms with van der Waals surface area (Å²) in [5.41, 5.74) is 1.87. The Balaban J connectivity index is 1.75. The van der Waals surface area contributed by atoms with Crippen molar-refractivity contribution in [3.63, 3.8) is 0 Å². The lowest BCUT2D eigenvalue weighted by atomic mass is 10.1. The molecule has 0 bridgehead atoms. The Labute approximate surface area is 130 Å². The highest BCUT2D eigenvalue weighted by Gasteiger charge is 2.21. The zero-order valence-corrected chi connectivity index (χ0v) is 13.4. The number of rotatable bonds is 3. The predicted molar refractivity (Wildman–Crippen MR) is 88.8 cm³/mol. The van der Waals surface area contributed by atoms with Gasteiger partial charge in [-0.05, 0) is 50.8 Å². The Hall–Kier alpha value is -1.72. The first-order valence-electron chi connectivity index (χ1n) is 7.72. The smallest absolute Gasteiger partial charge is 0.126 e. The molecule has 2 heterocycles. The maximum absolute atomic E-state index is 13.3. The second kappa shape index (κ2) is 6.18. The largest absolute Gasteiger partial charge is 0.368 e. The van der Waals surface area contributed by atoms with E-state index in [1.807, 2.05) is 13.0 Å². The first-order chi connectivity index (χ1) is 10.5. The van der Waals surface area contributed by atoms with Crippen molar-refractivity contribution in [1.29, 1.82) is 0 Å². The molecule has 0 amide bonds. The number of piperazine rings is 1. The van der Waals surface area contributed by atoms with Crippen molar-refractivity contribution in [2.45, 2.75) is 13.0 Å². The molecule has 4 nitrogen and oxygen atoms in total. The average molecular weight is 302 g/mol. The van der Waals surface area contributed by atoms with Crippen LogP contribution in [0.4, 0.5) is 10.2 Å². The number of pyridine rings is 1. The van der Waals surface area contributed by atoms with Crippen molar-refractivity contribution in [3.05, 3.63) is 35.6 Å². The van der Waals surface area contributed by atoms with E-state index >= 15 is 0 Å². The summed E-state index contributed by atoms with van der Waals surface area (Å²) < 4.78 is 13.3. The molecule has 1 aromatic heterocycles. The fourth-order valence-electron chi connectivity index (χ4n) is 3.00. The first kappa shape index (κ1) is 15.2. The summed E-state index contributed by atoms with van der Waals surface area (Å²) in [6.07, 6.45) is 0. The fourth-order valence-corrected chi connectivity index (χ4v) is 3.00. The monoisotopic (exact) mass is 302 g/mol. The molecular formula is C17H23FN4. The molecule has 1 N–H and O–H groups in total. The lowest BCUT2D eigenvalue weighted by molar-refractivity contribution is 0.122. The predicted octanol–water partition coefficient (Wildman–Crippen LogP) is 2.34. The second-order valence-electron chi connectivity index (χ2n) is 6.26. The zero-order valence-electron chi connectivity index (χ0n) is 13.4. The van der Waals surface area contributed by atoms with Gasteiger partial charge in [0.2, 0.25) is 0 Å². The van der Waals surface area contributed by atoms with E-state index < -0.39 is 0 Å². The minimum absolute atomic E-state index is 0.218. The van der Waals surface area contributed by atoms with Gasteiger partial charge < -0.3 is 10.2 Å². The summed E-state index contributed by atoms with van der Waals surface area (Å²) in [7, 11) is 4.33. The van der Waals surface area contributed by atoms with Crippen LogP contribution in [0.15, 0.2) is 24.3 Å². The van der Waals surface area contributed by atoms with Crippen molar-refractivity contribution in [2.24, 2.45) is 0 Å². The van der Waals surface area contributed by atoms with Crippen LogP contribution in [0.1, 0.15) is 5.56 Å². The van der Waals surface area contributed by atoms with Crippen LogP contribution in [0.2, 0.25) is 0 Å². The van der Waals surface area contributed by atoms with Crippen LogP contribution in [0.25, 0.3) is 10.9 Å². The number of nitrogens with zero attached hydrogens (tertiary/aromatic N) is 3. The minimum atomic E-state index is -0.218. The summed E-state index contributed by atoms with van der Waals surface area (Å²) in [6, 6.07) is 7.22. The fraction of sp³-hybridized carbons (Fsp3) is 0.471. The lowest BCUT2D eigenvalue weighted by Crippen LogP contribution is -2.52. The number of aromatic nitrogens is 1. The molecule has 1 aliphatic rings. The van der Waals surface area contributed by atoms with Gasteiger partial charge in [0.05, 0.1) is 5.52 Å². The summed E-state index contributed by atoms with van der Waals surface area (Å²) in [5, 5.41) is 4.31. The number of likely N-dealkylation sites (N-methyl/N-ethyl adjacent to an activating group) is 2. The molecular weight excluding hydrogens is 279 g/mol. The molecule has 1 unspecified atom stereocenters. The van der Waals surface area contributed by atoms with Gasteiger partial charge in [-0.25, -0.2) is 9.37 Å². The first-order valence-corrected chi connectivity index (χ1v) is 7.72. The molecule has 0 spiro atoms. The van der Waals surface area contributed by atoms with Gasteiger partial charge in [0.15, 0.2) is 0 Å². The van der Waals surface area contributed by atoms with Gasteiger partial charge in [0.1, 0.15) is 11.6 Å². The number of anilines is 1. The van der Waals surface area contributed by atoms with Crippen LogP contribution in [0.5, 0.6) is 0 Å². The van der Waals surface area contributed by atoms with E-state index in [2.05, 4.69) is 34.2 Å². The number of benzene rings is 1. The molecule has 118 valence electrons. The summed E-state index contributed by atoms with van der Waals surface area (Å²) >= 11 is 0. The third-order valence-electron chi connectivity index (χ3n) is 4.48. The Morgan fingerprint density at radius 3 is 2.91 bits per heavy atom. The van der Waals surface area contributed by atoms with E-state index in [9.17, 15) is 4.39 Å². The normalized spacial score (nSPS) is 20.5. The Morgan fingerprint density at radius 2 is 2.09 bits per heavy atom. The summed E-state index contributed by atoms with van der Waals surface area (Å²) in [5.74, 6) is 0.642. The van der Waals surface area contributed by atoms with Crippen molar-refractivity contribution >= 4 is 16.7 Å². The molecule has 2 aromatic rings. The Kier molecular flexibility index (Phi) is 4.27. The molecule has 0 radical (unpaired) electrons. The van der Waals surface area contributed by atoms with E-state index in [1.165, 1.54) is 6.07 Å². The highest BCUT2D eigenvalue weighted by atomic mass is 19.1. The van der Waals surface area contributed by atoms with E-state index in [4.69, 9.17) is 0 Å². The van der Waals surface area contributed by atoms with Crippen LogP contribution in [0, 0.1) is 12.7 Å². The van der Waals surface area contributed by atoms with Crippen molar-refractivity contribution < 1.29 is 4.39 Å². The van der Waals surface area contributed by atoms with Crippen molar-refractivity contribution in [1.82, 2.24) is 14.8 Å². The number of aryl methyl sites for hydroxylation is 1. The SMILES string of the molecule is Cc1cc(NCC2CN(C)CCN2C)nc2ccc(F)cc12. The number of hydrogen-bond acceptors (Lipinski definition) is 4.